The average Bonchev–Trinajstić information content (AvgIpc) is 2.69. The fourth-order valence-corrected chi connectivity index (χ4v) is 3.97. The van der Waals surface area contributed by atoms with Crippen molar-refractivity contribution in [3.05, 3.63) is 95.3 Å². The van der Waals surface area contributed by atoms with Crippen LogP contribution in [-0.2, 0) is 15.8 Å². The number of ketones is 1. The predicted octanol–water partition coefficient (Wildman–Crippen LogP) is 4.10. The number of Topliss-reactive ketones (excluding diaryl/α,β-unsaturated/α-hetero) is 1. The standard InChI is InChI=1S/C22H20FNO3S/c1-16-12-19(18-10-6-3-7-11-18)13-20(22(16)23)21(25)14-24-28(26,27)15-17-8-4-2-5-9-17/h2-13,24H,14-15H2,1H3. The van der Waals surface area contributed by atoms with Crippen LogP contribution in [0.1, 0.15) is 21.5 Å². The molecule has 1 N–H and O–H groups in total. The van der Waals surface area contributed by atoms with E-state index >= 15 is 0 Å². The summed E-state index contributed by atoms with van der Waals surface area (Å²) in [6, 6.07) is 21.1. The molecule has 0 aliphatic carbocycles. The lowest BCUT2D eigenvalue weighted by Crippen LogP contribution is -2.31. The van der Waals surface area contributed by atoms with E-state index in [1.54, 1.807) is 43.3 Å². The second-order valence-corrected chi connectivity index (χ2v) is 8.32. The van der Waals surface area contributed by atoms with Crippen molar-refractivity contribution in [2.24, 2.45) is 0 Å². The number of nitrogens with one attached hydrogen (secondary N) is 1. The number of hydrogen-bond acceptors (Lipinski definition) is 3. The molecule has 0 unspecified atom stereocenters. The number of rotatable bonds is 7. The van der Waals surface area contributed by atoms with Crippen molar-refractivity contribution >= 4 is 15.8 Å². The van der Waals surface area contributed by atoms with E-state index in [0.717, 1.165) is 5.56 Å². The zero-order valence-corrected chi connectivity index (χ0v) is 16.2. The summed E-state index contributed by atoms with van der Waals surface area (Å²) in [6.07, 6.45) is 0. The molecule has 0 saturated carbocycles. The average molecular weight is 397 g/mol. The summed E-state index contributed by atoms with van der Waals surface area (Å²) in [5, 5.41) is 0. The number of carbonyl (C=O) groups is 1. The third-order valence-corrected chi connectivity index (χ3v) is 5.61. The van der Waals surface area contributed by atoms with Crippen LogP contribution in [0.5, 0.6) is 0 Å². The lowest BCUT2D eigenvalue weighted by molar-refractivity contribution is 0.0993. The number of sulfonamides is 1. The van der Waals surface area contributed by atoms with Gasteiger partial charge in [0, 0.05) is 0 Å². The monoisotopic (exact) mass is 397 g/mol. The lowest BCUT2D eigenvalue weighted by atomic mass is 9.98. The van der Waals surface area contributed by atoms with Crippen molar-refractivity contribution in [2.45, 2.75) is 12.7 Å². The molecule has 0 fully saturated rings. The van der Waals surface area contributed by atoms with E-state index in [1.807, 2.05) is 30.3 Å². The molecule has 0 aliphatic rings. The van der Waals surface area contributed by atoms with Crippen LogP contribution in [0.4, 0.5) is 4.39 Å². The molecule has 0 saturated heterocycles. The molecule has 0 aromatic heterocycles. The molecule has 0 aliphatic heterocycles. The zero-order valence-electron chi connectivity index (χ0n) is 15.4. The van der Waals surface area contributed by atoms with Crippen molar-refractivity contribution in [1.82, 2.24) is 4.72 Å². The molecule has 144 valence electrons. The number of aryl methyl sites for hydroxylation is 1. The Bertz CT molecular complexity index is 1080. The molecule has 4 nitrogen and oxygen atoms in total. The van der Waals surface area contributed by atoms with Crippen molar-refractivity contribution in [3.8, 4) is 11.1 Å². The van der Waals surface area contributed by atoms with Gasteiger partial charge in [0.05, 0.1) is 17.9 Å². The maximum absolute atomic E-state index is 14.5. The van der Waals surface area contributed by atoms with E-state index in [-0.39, 0.29) is 11.3 Å². The van der Waals surface area contributed by atoms with Gasteiger partial charge in [0.25, 0.3) is 0 Å². The largest absolute Gasteiger partial charge is 0.293 e. The van der Waals surface area contributed by atoms with E-state index in [4.69, 9.17) is 0 Å². The maximum atomic E-state index is 14.5. The van der Waals surface area contributed by atoms with E-state index < -0.39 is 28.2 Å². The first-order valence-electron chi connectivity index (χ1n) is 8.76. The zero-order chi connectivity index (χ0) is 20.1. The third-order valence-electron chi connectivity index (χ3n) is 4.31. The minimum Gasteiger partial charge on any atom is -0.293 e. The highest BCUT2D eigenvalue weighted by atomic mass is 32.2. The molecule has 0 spiro atoms. The van der Waals surface area contributed by atoms with Gasteiger partial charge in [-0.1, -0.05) is 60.7 Å². The summed E-state index contributed by atoms with van der Waals surface area (Å²) < 4.78 is 41.2. The second-order valence-electron chi connectivity index (χ2n) is 6.51. The molecule has 3 aromatic carbocycles. The smallest absolute Gasteiger partial charge is 0.216 e. The number of benzene rings is 3. The molecule has 0 bridgehead atoms. The summed E-state index contributed by atoms with van der Waals surface area (Å²) in [6.45, 7) is 1.09. The van der Waals surface area contributed by atoms with Gasteiger partial charge in [0.15, 0.2) is 5.78 Å². The Morgan fingerprint density at radius 3 is 2.18 bits per heavy atom. The molecule has 0 radical (unpaired) electrons. The van der Waals surface area contributed by atoms with Gasteiger partial charge < -0.3 is 0 Å². The maximum Gasteiger partial charge on any atom is 0.216 e. The van der Waals surface area contributed by atoms with Gasteiger partial charge in [0.2, 0.25) is 10.0 Å². The van der Waals surface area contributed by atoms with Gasteiger partial charge in [-0.3, -0.25) is 4.79 Å². The molecule has 0 atom stereocenters. The van der Waals surface area contributed by atoms with Gasteiger partial charge in [-0.15, -0.1) is 0 Å². The lowest BCUT2D eigenvalue weighted by Gasteiger charge is -2.11. The Balaban J connectivity index is 1.78. The highest BCUT2D eigenvalue weighted by Crippen LogP contribution is 2.25. The van der Waals surface area contributed by atoms with Crippen molar-refractivity contribution in [3.63, 3.8) is 0 Å². The van der Waals surface area contributed by atoms with Gasteiger partial charge in [-0.05, 0) is 41.3 Å². The van der Waals surface area contributed by atoms with Crippen LogP contribution in [0.3, 0.4) is 0 Å². The highest BCUT2D eigenvalue weighted by Gasteiger charge is 2.19. The van der Waals surface area contributed by atoms with E-state index in [9.17, 15) is 17.6 Å². The second kappa shape index (κ2) is 8.46. The summed E-state index contributed by atoms with van der Waals surface area (Å²) in [4.78, 5) is 12.5. The Kier molecular flexibility index (Phi) is 6.02. The summed E-state index contributed by atoms with van der Waals surface area (Å²) in [5.74, 6) is -1.49. The number of carbonyl (C=O) groups excluding carboxylic acids is 1. The molecular formula is C22H20FNO3S. The van der Waals surface area contributed by atoms with E-state index in [0.29, 0.717) is 16.7 Å². The molecule has 6 heteroatoms. The van der Waals surface area contributed by atoms with Crippen LogP contribution >= 0.6 is 0 Å². The minimum absolute atomic E-state index is 0.124. The van der Waals surface area contributed by atoms with Crippen molar-refractivity contribution in [1.29, 1.82) is 0 Å². The van der Waals surface area contributed by atoms with E-state index in [2.05, 4.69) is 4.72 Å². The summed E-state index contributed by atoms with van der Waals surface area (Å²) in [7, 11) is -3.72. The van der Waals surface area contributed by atoms with Crippen LogP contribution < -0.4 is 4.72 Å². The van der Waals surface area contributed by atoms with Crippen LogP contribution in [-0.4, -0.2) is 20.7 Å². The normalized spacial score (nSPS) is 11.4. The highest BCUT2D eigenvalue weighted by molar-refractivity contribution is 7.88. The van der Waals surface area contributed by atoms with Gasteiger partial charge in [-0.25, -0.2) is 17.5 Å². The van der Waals surface area contributed by atoms with Crippen LogP contribution in [0.25, 0.3) is 11.1 Å². The fraction of sp³-hybridized carbons (Fsp3) is 0.136. The first-order valence-corrected chi connectivity index (χ1v) is 10.4. The quantitative estimate of drug-likeness (QED) is 0.611. The SMILES string of the molecule is Cc1cc(-c2ccccc2)cc(C(=O)CNS(=O)(=O)Cc2ccccc2)c1F. The Morgan fingerprint density at radius 1 is 0.929 bits per heavy atom. The molecule has 28 heavy (non-hydrogen) atoms. The minimum atomic E-state index is -3.72. The molecule has 0 heterocycles. The fourth-order valence-electron chi connectivity index (χ4n) is 2.89. The van der Waals surface area contributed by atoms with Gasteiger partial charge in [-0.2, -0.15) is 0 Å². The Labute approximate surface area is 164 Å². The topological polar surface area (TPSA) is 63.2 Å². The first kappa shape index (κ1) is 19.9. The molecule has 3 rings (SSSR count). The van der Waals surface area contributed by atoms with Crippen LogP contribution in [0.15, 0.2) is 72.8 Å². The summed E-state index contributed by atoms with van der Waals surface area (Å²) in [5.41, 5.74) is 2.37. The molecular weight excluding hydrogens is 377 g/mol. The van der Waals surface area contributed by atoms with Crippen molar-refractivity contribution in [2.75, 3.05) is 6.54 Å². The first-order chi connectivity index (χ1) is 13.4. The van der Waals surface area contributed by atoms with Crippen LogP contribution in [0.2, 0.25) is 0 Å². The number of halogens is 1. The van der Waals surface area contributed by atoms with E-state index in [1.165, 1.54) is 6.07 Å². The molecule has 0 amide bonds. The summed E-state index contributed by atoms with van der Waals surface area (Å²) >= 11 is 0. The van der Waals surface area contributed by atoms with Crippen LogP contribution in [0, 0.1) is 12.7 Å². The third kappa shape index (κ3) is 4.91. The van der Waals surface area contributed by atoms with Gasteiger partial charge >= 0.3 is 0 Å². The number of hydrogen-bond donors (Lipinski definition) is 1. The van der Waals surface area contributed by atoms with Gasteiger partial charge in [0.1, 0.15) is 5.82 Å². The Morgan fingerprint density at radius 2 is 1.54 bits per heavy atom. The molecule has 3 aromatic rings. The predicted molar refractivity (Wildman–Crippen MR) is 108 cm³/mol. The van der Waals surface area contributed by atoms with Crippen molar-refractivity contribution < 1.29 is 17.6 Å². The Hall–Kier alpha value is -2.83.